The van der Waals surface area contributed by atoms with Crippen molar-refractivity contribution in [1.82, 2.24) is 10.2 Å². The fraction of sp³-hybridized carbons (Fsp3) is 0.391. The van der Waals surface area contributed by atoms with Gasteiger partial charge in [0.15, 0.2) is 6.61 Å². The van der Waals surface area contributed by atoms with E-state index in [0.29, 0.717) is 12.3 Å². The van der Waals surface area contributed by atoms with Gasteiger partial charge in [0.2, 0.25) is 5.91 Å². The van der Waals surface area contributed by atoms with E-state index in [9.17, 15) is 9.59 Å². The number of amides is 2. The van der Waals surface area contributed by atoms with Crippen LogP contribution in [0.4, 0.5) is 0 Å². The zero-order valence-corrected chi connectivity index (χ0v) is 17.1. The van der Waals surface area contributed by atoms with Crippen LogP contribution in [0.5, 0.6) is 5.75 Å². The van der Waals surface area contributed by atoms with E-state index in [-0.39, 0.29) is 24.5 Å². The molecule has 0 bridgehead atoms. The van der Waals surface area contributed by atoms with Gasteiger partial charge in [-0.2, -0.15) is 0 Å². The summed E-state index contributed by atoms with van der Waals surface area (Å²) in [5, 5.41) is 2.96. The lowest BCUT2D eigenvalue weighted by atomic mass is 10.1. The van der Waals surface area contributed by atoms with Gasteiger partial charge < -0.3 is 15.0 Å². The fourth-order valence-electron chi connectivity index (χ4n) is 2.76. The molecule has 2 aromatic rings. The fourth-order valence-corrected chi connectivity index (χ4v) is 2.76. The van der Waals surface area contributed by atoms with Crippen molar-refractivity contribution in [2.24, 2.45) is 0 Å². The average molecular weight is 383 g/mol. The number of nitrogens with one attached hydrogen (secondary N) is 1. The molecule has 2 amide bonds. The predicted molar refractivity (Wildman–Crippen MR) is 111 cm³/mol. The SMILES string of the molecule is CC[C@@H](C)NC(=O)[C@@H](C)N(Cc1ccccc1)C(=O)COc1cccc(C)c1. The number of aryl methyl sites for hydroxylation is 1. The summed E-state index contributed by atoms with van der Waals surface area (Å²) in [6, 6.07) is 16.7. The van der Waals surface area contributed by atoms with Crippen molar-refractivity contribution in [3.05, 3.63) is 65.7 Å². The van der Waals surface area contributed by atoms with E-state index in [4.69, 9.17) is 4.74 Å². The number of carbonyl (C=O) groups excluding carboxylic acids is 2. The van der Waals surface area contributed by atoms with Crippen molar-refractivity contribution < 1.29 is 14.3 Å². The molecule has 0 spiro atoms. The van der Waals surface area contributed by atoms with Crippen LogP contribution in [0.3, 0.4) is 0 Å². The Labute approximate surface area is 167 Å². The summed E-state index contributed by atoms with van der Waals surface area (Å²) in [5.41, 5.74) is 2.03. The normalized spacial score (nSPS) is 12.7. The Bertz CT molecular complexity index is 776. The molecule has 0 aliphatic rings. The highest BCUT2D eigenvalue weighted by Gasteiger charge is 2.27. The minimum Gasteiger partial charge on any atom is -0.484 e. The molecule has 2 atom stereocenters. The Morgan fingerprint density at radius 1 is 1.07 bits per heavy atom. The molecule has 0 unspecified atom stereocenters. The van der Waals surface area contributed by atoms with Gasteiger partial charge in [0.05, 0.1) is 0 Å². The van der Waals surface area contributed by atoms with Crippen LogP contribution in [-0.2, 0) is 16.1 Å². The number of rotatable bonds is 9. The quantitative estimate of drug-likeness (QED) is 0.719. The van der Waals surface area contributed by atoms with Crippen LogP contribution in [0.15, 0.2) is 54.6 Å². The molecule has 0 aromatic heterocycles. The lowest BCUT2D eigenvalue weighted by Gasteiger charge is -2.29. The average Bonchev–Trinajstić information content (AvgIpc) is 2.70. The van der Waals surface area contributed by atoms with Crippen molar-refractivity contribution in [1.29, 1.82) is 0 Å². The van der Waals surface area contributed by atoms with Crippen molar-refractivity contribution in [3.63, 3.8) is 0 Å². The Hall–Kier alpha value is -2.82. The molecule has 0 heterocycles. The molecule has 5 nitrogen and oxygen atoms in total. The molecule has 0 saturated heterocycles. The molecular weight excluding hydrogens is 352 g/mol. The molecule has 2 aromatic carbocycles. The molecule has 0 fully saturated rings. The maximum absolute atomic E-state index is 12.9. The van der Waals surface area contributed by atoms with Crippen LogP contribution < -0.4 is 10.1 Å². The molecule has 150 valence electrons. The summed E-state index contributed by atoms with van der Waals surface area (Å²) in [6.07, 6.45) is 0.835. The van der Waals surface area contributed by atoms with Gasteiger partial charge in [-0.15, -0.1) is 0 Å². The first-order chi connectivity index (χ1) is 13.4. The predicted octanol–water partition coefficient (Wildman–Crippen LogP) is 3.71. The Morgan fingerprint density at radius 2 is 1.79 bits per heavy atom. The number of nitrogens with zero attached hydrogens (tertiary/aromatic N) is 1. The van der Waals surface area contributed by atoms with Crippen molar-refractivity contribution in [3.8, 4) is 5.75 Å². The third kappa shape index (κ3) is 6.41. The summed E-state index contributed by atoms with van der Waals surface area (Å²) in [6.45, 7) is 7.93. The van der Waals surface area contributed by atoms with Crippen LogP contribution in [-0.4, -0.2) is 35.4 Å². The maximum atomic E-state index is 12.9. The van der Waals surface area contributed by atoms with E-state index < -0.39 is 6.04 Å². The van der Waals surface area contributed by atoms with E-state index >= 15 is 0 Å². The topological polar surface area (TPSA) is 58.6 Å². The molecule has 0 saturated carbocycles. The molecule has 0 aliphatic heterocycles. The standard InChI is InChI=1S/C23H30N2O3/c1-5-18(3)24-23(27)19(4)25(15-20-11-7-6-8-12-20)22(26)16-28-21-13-9-10-17(2)14-21/h6-14,18-19H,5,15-16H2,1-4H3,(H,24,27)/t18-,19-/m1/s1. The lowest BCUT2D eigenvalue weighted by molar-refractivity contribution is -0.142. The summed E-state index contributed by atoms with van der Waals surface area (Å²) in [7, 11) is 0. The number of benzene rings is 2. The minimum absolute atomic E-state index is 0.0622. The summed E-state index contributed by atoms with van der Waals surface area (Å²) in [5.74, 6) is 0.260. The van der Waals surface area contributed by atoms with Gasteiger partial charge in [-0.3, -0.25) is 9.59 Å². The zero-order valence-electron chi connectivity index (χ0n) is 17.1. The smallest absolute Gasteiger partial charge is 0.261 e. The molecule has 0 radical (unpaired) electrons. The monoisotopic (exact) mass is 382 g/mol. The number of hydrogen-bond donors (Lipinski definition) is 1. The van der Waals surface area contributed by atoms with Crippen LogP contribution in [0, 0.1) is 6.92 Å². The number of hydrogen-bond acceptors (Lipinski definition) is 3. The first-order valence-electron chi connectivity index (χ1n) is 9.74. The van der Waals surface area contributed by atoms with E-state index in [0.717, 1.165) is 17.5 Å². The first-order valence-corrected chi connectivity index (χ1v) is 9.74. The highest BCUT2D eigenvalue weighted by molar-refractivity contribution is 5.88. The van der Waals surface area contributed by atoms with Gasteiger partial charge in [0.1, 0.15) is 11.8 Å². The summed E-state index contributed by atoms with van der Waals surface area (Å²) >= 11 is 0. The number of carbonyl (C=O) groups is 2. The third-order valence-corrected chi connectivity index (χ3v) is 4.72. The Morgan fingerprint density at radius 3 is 2.43 bits per heavy atom. The third-order valence-electron chi connectivity index (χ3n) is 4.72. The van der Waals surface area contributed by atoms with Crippen LogP contribution in [0.2, 0.25) is 0 Å². The van der Waals surface area contributed by atoms with E-state index in [1.165, 1.54) is 0 Å². The largest absolute Gasteiger partial charge is 0.484 e. The van der Waals surface area contributed by atoms with Crippen molar-refractivity contribution in [2.75, 3.05) is 6.61 Å². The second kappa shape index (κ2) is 10.5. The molecule has 0 aliphatic carbocycles. The van der Waals surface area contributed by atoms with Gasteiger partial charge in [-0.1, -0.05) is 49.4 Å². The van der Waals surface area contributed by atoms with Crippen LogP contribution in [0.1, 0.15) is 38.3 Å². The highest BCUT2D eigenvalue weighted by Crippen LogP contribution is 2.14. The van der Waals surface area contributed by atoms with Gasteiger partial charge in [0.25, 0.3) is 5.91 Å². The Kier molecular flexibility index (Phi) is 8.05. The van der Waals surface area contributed by atoms with Crippen LogP contribution >= 0.6 is 0 Å². The minimum atomic E-state index is -0.595. The highest BCUT2D eigenvalue weighted by atomic mass is 16.5. The molecule has 1 N–H and O–H groups in total. The van der Waals surface area contributed by atoms with E-state index in [2.05, 4.69) is 5.32 Å². The molecule has 28 heavy (non-hydrogen) atoms. The van der Waals surface area contributed by atoms with Crippen LogP contribution in [0.25, 0.3) is 0 Å². The van der Waals surface area contributed by atoms with Gasteiger partial charge in [-0.05, 0) is 50.5 Å². The second-order valence-corrected chi connectivity index (χ2v) is 7.11. The Balaban J connectivity index is 2.11. The second-order valence-electron chi connectivity index (χ2n) is 7.11. The van der Waals surface area contributed by atoms with Crippen molar-refractivity contribution in [2.45, 2.75) is 52.7 Å². The van der Waals surface area contributed by atoms with E-state index in [1.54, 1.807) is 11.8 Å². The summed E-state index contributed by atoms with van der Waals surface area (Å²) < 4.78 is 5.68. The molecule has 5 heteroatoms. The molecule has 2 rings (SSSR count). The zero-order chi connectivity index (χ0) is 20.5. The van der Waals surface area contributed by atoms with Gasteiger partial charge in [0, 0.05) is 12.6 Å². The van der Waals surface area contributed by atoms with E-state index in [1.807, 2.05) is 75.4 Å². The summed E-state index contributed by atoms with van der Waals surface area (Å²) in [4.78, 5) is 27.1. The lowest BCUT2D eigenvalue weighted by Crippen LogP contribution is -2.50. The van der Waals surface area contributed by atoms with Crippen molar-refractivity contribution >= 4 is 11.8 Å². The maximum Gasteiger partial charge on any atom is 0.261 e. The van der Waals surface area contributed by atoms with Gasteiger partial charge >= 0.3 is 0 Å². The first kappa shape index (κ1) is 21.5. The molecular formula is C23H30N2O3. The van der Waals surface area contributed by atoms with Gasteiger partial charge in [-0.25, -0.2) is 0 Å². The number of ether oxygens (including phenoxy) is 1.